The van der Waals surface area contributed by atoms with Gasteiger partial charge < -0.3 is 4.90 Å². The van der Waals surface area contributed by atoms with Crippen LogP contribution in [0.3, 0.4) is 0 Å². The van der Waals surface area contributed by atoms with Crippen LogP contribution in [0.2, 0.25) is 5.02 Å². The largest absolute Gasteiger partial charge is 0.336 e. The van der Waals surface area contributed by atoms with Crippen LogP contribution in [0.4, 0.5) is 0 Å². The third-order valence-electron chi connectivity index (χ3n) is 4.85. The van der Waals surface area contributed by atoms with Gasteiger partial charge in [0.15, 0.2) is 0 Å². The average Bonchev–Trinajstić information content (AvgIpc) is 3.10. The fourth-order valence-electron chi connectivity index (χ4n) is 3.16. The number of aromatic nitrogens is 2. The molecule has 26 heavy (non-hydrogen) atoms. The van der Waals surface area contributed by atoms with Crippen LogP contribution < -0.4 is 0 Å². The number of piperazine rings is 1. The molecule has 0 spiro atoms. The molecule has 0 N–H and O–H groups in total. The molecule has 2 heterocycles. The molecule has 1 amide bonds. The van der Waals surface area contributed by atoms with Gasteiger partial charge in [0, 0.05) is 37.4 Å². The molecule has 1 aliphatic heterocycles. The van der Waals surface area contributed by atoms with Crippen molar-refractivity contribution in [2.75, 3.05) is 32.7 Å². The maximum absolute atomic E-state index is 12.7. The maximum Gasteiger partial charge on any atom is 0.257 e. The molecule has 140 valence electrons. The van der Waals surface area contributed by atoms with Gasteiger partial charge in [0.25, 0.3) is 5.91 Å². The molecule has 3 rings (SSSR count). The Morgan fingerprint density at radius 3 is 2.62 bits per heavy atom. The van der Waals surface area contributed by atoms with Crippen LogP contribution in [-0.4, -0.2) is 58.2 Å². The van der Waals surface area contributed by atoms with E-state index in [4.69, 9.17) is 11.6 Å². The fraction of sp³-hybridized carbons (Fsp3) is 0.500. The van der Waals surface area contributed by atoms with E-state index in [2.05, 4.69) is 23.8 Å². The topological polar surface area (TPSA) is 41.4 Å². The molecular formula is C20H27ClN4O. The van der Waals surface area contributed by atoms with E-state index in [9.17, 15) is 4.79 Å². The van der Waals surface area contributed by atoms with Crippen molar-refractivity contribution in [2.24, 2.45) is 5.92 Å². The van der Waals surface area contributed by atoms with Crippen LogP contribution in [0, 0.1) is 5.92 Å². The Kier molecular flexibility index (Phi) is 6.33. The molecule has 1 aliphatic rings. The minimum atomic E-state index is 0.0684. The lowest BCUT2D eigenvalue weighted by Crippen LogP contribution is -2.48. The third kappa shape index (κ3) is 4.86. The smallest absolute Gasteiger partial charge is 0.257 e. The molecular weight excluding hydrogens is 348 g/mol. The maximum atomic E-state index is 12.7. The van der Waals surface area contributed by atoms with Gasteiger partial charge in [0.2, 0.25) is 0 Å². The zero-order valence-corrected chi connectivity index (χ0v) is 16.3. The number of hydrogen-bond acceptors (Lipinski definition) is 3. The first kappa shape index (κ1) is 18.9. The molecule has 0 unspecified atom stereocenters. The van der Waals surface area contributed by atoms with Crippen LogP contribution in [0.5, 0.6) is 0 Å². The molecule has 5 nitrogen and oxygen atoms in total. The Hall–Kier alpha value is -1.85. The van der Waals surface area contributed by atoms with E-state index in [1.54, 1.807) is 10.9 Å². The van der Waals surface area contributed by atoms with Gasteiger partial charge in [-0.1, -0.05) is 43.6 Å². The zero-order chi connectivity index (χ0) is 18.5. The molecule has 6 heteroatoms. The highest BCUT2D eigenvalue weighted by atomic mass is 35.5. The lowest BCUT2D eigenvalue weighted by molar-refractivity contribution is 0.0631. The Labute approximate surface area is 160 Å². The van der Waals surface area contributed by atoms with Gasteiger partial charge in [-0.05, 0) is 30.5 Å². The van der Waals surface area contributed by atoms with Gasteiger partial charge in [-0.2, -0.15) is 5.10 Å². The SMILES string of the molecule is CC(C)CCN1CCN(C(=O)c2cnn(Cc3ccccc3Cl)c2)CC1. The van der Waals surface area contributed by atoms with Gasteiger partial charge in [0.1, 0.15) is 0 Å². The molecule has 1 aromatic carbocycles. The fourth-order valence-corrected chi connectivity index (χ4v) is 3.36. The van der Waals surface area contributed by atoms with Crippen molar-refractivity contribution in [3.05, 3.63) is 52.8 Å². The second kappa shape index (κ2) is 8.69. The Morgan fingerprint density at radius 2 is 1.92 bits per heavy atom. The van der Waals surface area contributed by atoms with E-state index in [0.29, 0.717) is 17.1 Å². The number of benzene rings is 1. The van der Waals surface area contributed by atoms with Gasteiger partial charge in [0.05, 0.1) is 18.3 Å². The summed E-state index contributed by atoms with van der Waals surface area (Å²) in [6.45, 7) is 9.66. The van der Waals surface area contributed by atoms with Crippen molar-refractivity contribution in [1.29, 1.82) is 0 Å². The predicted molar refractivity (Wildman–Crippen MR) is 105 cm³/mol. The van der Waals surface area contributed by atoms with Crippen molar-refractivity contribution >= 4 is 17.5 Å². The molecule has 0 radical (unpaired) electrons. The highest BCUT2D eigenvalue weighted by Gasteiger charge is 2.23. The summed E-state index contributed by atoms with van der Waals surface area (Å²) >= 11 is 6.20. The Morgan fingerprint density at radius 1 is 1.19 bits per heavy atom. The second-order valence-electron chi connectivity index (χ2n) is 7.33. The molecule has 2 aromatic rings. The summed E-state index contributed by atoms with van der Waals surface area (Å²) in [6.07, 6.45) is 4.68. The van der Waals surface area contributed by atoms with Crippen molar-refractivity contribution in [2.45, 2.75) is 26.8 Å². The quantitative estimate of drug-likeness (QED) is 0.778. The summed E-state index contributed by atoms with van der Waals surface area (Å²) in [6, 6.07) is 7.70. The van der Waals surface area contributed by atoms with Crippen molar-refractivity contribution in [3.8, 4) is 0 Å². The van der Waals surface area contributed by atoms with E-state index < -0.39 is 0 Å². The number of hydrogen-bond donors (Lipinski definition) is 0. The van der Waals surface area contributed by atoms with E-state index in [-0.39, 0.29) is 5.91 Å². The van der Waals surface area contributed by atoms with E-state index in [1.807, 2.05) is 35.4 Å². The van der Waals surface area contributed by atoms with Crippen LogP contribution in [-0.2, 0) is 6.54 Å². The first-order chi connectivity index (χ1) is 12.5. The van der Waals surface area contributed by atoms with Crippen LogP contribution in [0.1, 0.15) is 36.2 Å². The molecule has 0 bridgehead atoms. The molecule has 0 saturated carbocycles. The van der Waals surface area contributed by atoms with Crippen LogP contribution in [0.15, 0.2) is 36.7 Å². The normalized spacial score (nSPS) is 15.6. The first-order valence-corrected chi connectivity index (χ1v) is 9.68. The Bertz CT molecular complexity index is 735. The molecule has 0 aliphatic carbocycles. The lowest BCUT2D eigenvalue weighted by Gasteiger charge is -2.34. The molecule has 1 fully saturated rings. The van der Waals surface area contributed by atoms with Gasteiger partial charge >= 0.3 is 0 Å². The van der Waals surface area contributed by atoms with Crippen LogP contribution >= 0.6 is 11.6 Å². The minimum Gasteiger partial charge on any atom is -0.336 e. The average molecular weight is 375 g/mol. The number of amides is 1. The number of rotatable bonds is 6. The zero-order valence-electron chi connectivity index (χ0n) is 15.6. The summed E-state index contributed by atoms with van der Waals surface area (Å²) in [5.41, 5.74) is 1.64. The standard InChI is InChI=1S/C20H27ClN4O/c1-16(2)7-8-23-9-11-24(12-10-23)20(26)18-13-22-25(15-18)14-17-5-3-4-6-19(17)21/h3-6,13,15-16H,7-12,14H2,1-2H3. The van der Waals surface area contributed by atoms with Gasteiger partial charge in [-0.25, -0.2) is 0 Å². The highest BCUT2D eigenvalue weighted by molar-refractivity contribution is 6.31. The Balaban J connectivity index is 1.55. The highest BCUT2D eigenvalue weighted by Crippen LogP contribution is 2.16. The van der Waals surface area contributed by atoms with Crippen molar-refractivity contribution in [3.63, 3.8) is 0 Å². The summed E-state index contributed by atoms with van der Waals surface area (Å²) in [5, 5.41) is 5.05. The number of nitrogens with zero attached hydrogens (tertiary/aromatic N) is 4. The van der Waals surface area contributed by atoms with E-state index >= 15 is 0 Å². The van der Waals surface area contributed by atoms with Crippen LogP contribution in [0.25, 0.3) is 0 Å². The number of carbonyl (C=O) groups is 1. The molecule has 1 aromatic heterocycles. The van der Waals surface area contributed by atoms with Gasteiger partial charge in [-0.15, -0.1) is 0 Å². The summed E-state index contributed by atoms with van der Waals surface area (Å²) in [7, 11) is 0. The van der Waals surface area contributed by atoms with Crippen molar-refractivity contribution < 1.29 is 4.79 Å². The minimum absolute atomic E-state index is 0.0684. The molecule has 0 atom stereocenters. The third-order valence-corrected chi connectivity index (χ3v) is 5.22. The molecule has 1 saturated heterocycles. The first-order valence-electron chi connectivity index (χ1n) is 9.30. The summed E-state index contributed by atoms with van der Waals surface area (Å²) in [5.74, 6) is 0.789. The monoisotopic (exact) mass is 374 g/mol. The second-order valence-corrected chi connectivity index (χ2v) is 7.74. The van der Waals surface area contributed by atoms with Gasteiger partial charge in [-0.3, -0.25) is 14.4 Å². The number of carbonyl (C=O) groups excluding carboxylic acids is 1. The van der Waals surface area contributed by atoms with Crippen molar-refractivity contribution in [1.82, 2.24) is 19.6 Å². The summed E-state index contributed by atoms with van der Waals surface area (Å²) in [4.78, 5) is 17.1. The predicted octanol–water partition coefficient (Wildman–Crippen LogP) is 3.39. The number of halogens is 1. The summed E-state index contributed by atoms with van der Waals surface area (Å²) < 4.78 is 1.77. The van der Waals surface area contributed by atoms with E-state index in [0.717, 1.165) is 44.2 Å². The van der Waals surface area contributed by atoms with E-state index in [1.165, 1.54) is 6.42 Å². The lowest BCUT2D eigenvalue weighted by atomic mass is 10.1.